The molecule has 0 aliphatic carbocycles. The second-order valence-electron chi connectivity index (χ2n) is 8.75. The van der Waals surface area contributed by atoms with Crippen LogP contribution in [-0.4, -0.2) is 4.57 Å². The first-order valence-electron chi connectivity index (χ1n) is 12.9. The number of nitrogens with zero attached hydrogens (tertiary/aromatic N) is 2. The van der Waals surface area contributed by atoms with Crippen LogP contribution in [0.5, 0.6) is 0 Å². The Hall–Kier alpha value is -0.790. The van der Waals surface area contributed by atoms with Crippen LogP contribution < -0.4 is 4.57 Å². The van der Waals surface area contributed by atoms with Gasteiger partial charge in [-0.25, -0.2) is 9.13 Å². The number of aryl methyl sites for hydroxylation is 2. The number of hydrogen-bond acceptors (Lipinski definition) is 0. The molecule has 0 bridgehead atoms. The monoisotopic (exact) mass is 391 g/mol. The fourth-order valence-electron chi connectivity index (χ4n) is 4.26. The standard InChI is InChI=1S/C26H51N2/c1-4-7-9-10-11-12-13-14-15-16-17-18-19-20-21-22-26-27(6-3)24-25-28(26)23-8-5-2/h24-25H,4-23H2,1-3H3/q+1. The molecule has 0 amide bonds. The van der Waals surface area contributed by atoms with Crippen molar-refractivity contribution in [3.8, 4) is 0 Å². The van der Waals surface area contributed by atoms with Crippen LogP contribution in [-0.2, 0) is 19.5 Å². The Morgan fingerprint density at radius 2 is 1.07 bits per heavy atom. The normalized spacial score (nSPS) is 11.4. The predicted molar refractivity (Wildman–Crippen MR) is 124 cm³/mol. The van der Waals surface area contributed by atoms with Crippen LogP contribution in [0, 0.1) is 0 Å². The molecule has 1 aromatic heterocycles. The molecule has 1 aromatic rings. The molecule has 0 aromatic carbocycles. The van der Waals surface area contributed by atoms with Crippen LogP contribution in [0.4, 0.5) is 0 Å². The summed E-state index contributed by atoms with van der Waals surface area (Å²) in [4.78, 5) is 0. The quantitative estimate of drug-likeness (QED) is 0.157. The number of unbranched alkanes of at least 4 members (excludes halogenated alkanes) is 15. The van der Waals surface area contributed by atoms with Crippen LogP contribution >= 0.6 is 0 Å². The third-order valence-electron chi connectivity index (χ3n) is 6.19. The van der Waals surface area contributed by atoms with E-state index >= 15 is 0 Å². The minimum atomic E-state index is 1.10. The molecule has 0 saturated carbocycles. The van der Waals surface area contributed by atoms with Crippen molar-refractivity contribution < 1.29 is 4.57 Å². The van der Waals surface area contributed by atoms with Gasteiger partial charge >= 0.3 is 0 Å². The van der Waals surface area contributed by atoms with Gasteiger partial charge in [0.25, 0.3) is 5.82 Å². The van der Waals surface area contributed by atoms with Gasteiger partial charge in [0.2, 0.25) is 0 Å². The molecule has 0 aliphatic rings. The number of hydrogen-bond donors (Lipinski definition) is 0. The highest BCUT2D eigenvalue weighted by Gasteiger charge is 2.14. The lowest BCUT2D eigenvalue weighted by Gasteiger charge is -2.05. The molecule has 2 heteroatoms. The van der Waals surface area contributed by atoms with E-state index in [4.69, 9.17) is 0 Å². The molecule has 0 radical (unpaired) electrons. The maximum Gasteiger partial charge on any atom is 0.256 e. The Morgan fingerprint density at radius 1 is 0.607 bits per heavy atom. The third-order valence-corrected chi connectivity index (χ3v) is 6.19. The smallest absolute Gasteiger partial charge is 0.235 e. The molecule has 0 atom stereocenters. The van der Waals surface area contributed by atoms with E-state index in [1.807, 2.05) is 0 Å². The molecule has 28 heavy (non-hydrogen) atoms. The zero-order valence-corrected chi connectivity index (χ0v) is 19.7. The van der Waals surface area contributed by atoms with Gasteiger partial charge in [0.05, 0.1) is 13.1 Å². The maximum absolute atomic E-state index is 2.50. The highest BCUT2D eigenvalue weighted by Crippen LogP contribution is 2.14. The van der Waals surface area contributed by atoms with Gasteiger partial charge in [-0.3, -0.25) is 0 Å². The fraction of sp³-hybridized carbons (Fsp3) is 0.885. The summed E-state index contributed by atoms with van der Waals surface area (Å²) in [6.45, 7) is 9.14. The van der Waals surface area contributed by atoms with Crippen molar-refractivity contribution in [1.82, 2.24) is 4.57 Å². The van der Waals surface area contributed by atoms with Gasteiger partial charge in [-0.1, -0.05) is 110 Å². The first-order valence-corrected chi connectivity index (χ1v) is 12.9. The van der Waals surface area contributed by atoms with Crippen LogP contribution in [0.15, 0.2) is 12.4 Å². The zero-order valence-electron chi connectivity index (χ0n) is 19.7. The number of rotatable bonds is 20. The van der Waals surface area contributed by atoms with Gasteiger partial charge in [-0.15, -0.1) is 0 Å². The molecule has 0 unspecified atom stereocenters. The highest BCUT2D eigenvalue weighted by molar-refractivity contribution is 4.83. The zero-order chi connectivity index (χ0) is 20.3. The molecule has 1 heterocycles. The summed E-state index contributed by atoms with van der Waals surface area (Å²) in [7, 11) is 0. The summed E-state index contributed by atoms with van der Waals surface area (Å²) < 4.78 is 4.94. The molecule has 164 valence electrons. The van der Waals surface area contributed by atoms with E-state index in [0.717, 1.165) is 6.54 Å². The first kappa shape index (κ1) is 25.2. The largest absolute Gasteiger partial charge is 0.256 e. The van der Waals surface area contributed by atoms with E-state index in [9.17, 15) is 0 Å². The van der Waals surface area contributed by atoms with Crippen LogP contribution in [0.1, 0.15) is 136 Å². The van der Waals surface area contributed by atoms with Crippen LogP contribution in [0.3, 0.4) is 0 Å². The van der Waals surface area contributed by atoms with Crippen LogP contribution in [0.2, 0.25) is 0 Å². The minimum absolute atomic E-state index is 1.10. The lowest BCUT2D eigenvalue weighted by atomic mass is 10.0. The van der Waals surface area contributed by atoms with Crippen LogP contribution in [0.25, 0.3) is 0 Å². The molecule has 1 rings (SSSR count). The van der Waals surface area contributed by atoms with Crippen molar-refractivity contribution >= 4 is 0 Å². The van der Waals surface area contributed by atoms with Crippen molar-refractivity contribution in [2.24, 2.45) is 0 Å². The second-order valence-corrected chi connectivity index (χ2v) is 8.75. The number of imidazole rings is 1. The predicted octanol–water partition coefficient (Wildman–Crippen LogP) is 8.01. The van der Waals surface area contributed by atoms with Crippen molar-refractivity contribution in [2.75, 3.05) is 0 Å². The lowest BCUT2D eigenvalue weighted by Crippen LogP contribution is -2.37. The van der Waals surface area contributed by atoms with Crippen molar-refractivity contribution in [1.29, 1.82) is 0 Å². The van der Waals surface area contributed by atoms with E-state index in [-0.39, 0.29) is 0 Å². The Kier molecular flexibility index (Phi) is 16.5. The average molecular weight is 392 g/mol. The molecule has 0 N–H and O–H groups in total. The average Bonchev–Trinajstić information content (AvgIpc) is 3.11. The molecule has 0 aliphatic heterocycles. The Morgan fingerprint density at radius 3 is 1.54 bits per heavy atom. The Bertz CT molecular complexity index is 449. The summed E-state index contributed by atoms with van der Waals surface area (Å²) in [6, 6.07) is 0. The van der Waals surface area contributed by atoms with E-state index in [1.54, 1.807) is 5.82 Å². The van der Waals surface area contributed by atoms with Gasteiger partial charge in [0.15, 0.2) is 0 Å². The molecule has 0 fully saturated rings. The highest BCUT2D eigenvalue weighted by atomic mass is 15.1. The molecule has 2 nitrogen and oxygen atoms in total. The topological polar surface area (TPSA) is 8.81 Å². The van der Waals surface area contributed by atoms with Crippen molar-refractivity contribution in [2.45, 2.75) is 149 Å². The summed E-state index contributed by atoms with van der Waals surface area (Å²) in [5, 5.41) is 0. The minimum Gasteiger partial charge on any atom is -0.235 e. The summed E-state index contributed by atoms with van der Waals surface area (Å²) in [5.41, 5.74) is 0. The summed E-state index contributed by atoms with van der Waals surface area (Å²) in [6.07, 6.45) is 30.0. The van der Waals surface area contributed by atoms with Gasteiger partial charge in [-0.2, -0.15) is 0 Å². The SMILES string of the molecule is CCCCCCCCCCCCCCCCCc1n(CC)cc[n+]1CCCC. The lowest BCUT2D eigenvalue weighted by molar-refractivity contribution is -0.704. The Labute approximate surface area is 177 Å². The number of aromatic nitrogens is 2. The van der Waals surface area contributed by atoms with Crippen molar-refractivity contribution in [3.05, 3.63) is 18.2 Å². The molecular weight excluding hydrogens is 340 g/mol. The third kappa shape index (κ3) is 11.9. The van der Waals surface area contributed by atoms with E-state index < -0.39 is 0 Å². The molecule has 0 spiro atoms. The second kappa shape index (κ2) is 18.3. The van der Waals surface area contributed by atoms with Gasteiger partial charge in [0, 0.05) is 6.42 Å². The summed E-state index contributed by atoms with van der Waals surface area (Å²) in [5.74, 6) is 1.55. The van der Waals surface area contributed by atoms with Gasteiger partial charge < -0.3 is 0 Å². The van der Waals surface area contributed by atoms with E-state index in [0.29, 0.717) is 0 Å². The molecule has 0 saturated heterocycles. The van der Waals surface area contributed by atoms with E-state index in [1.165, 1.54) is 122 Å². The Balaban J connectivity index is 1.95. The van der Waals surface area contributed by atoms with Gasteiger partial charge in [-0.05, 0) is 19.8 Å². The van der Waals surface area contributed by atoms with Gasteiger partial charge in [0.1, 0.15) is 12.4 Å². The van der Waals surface area contributed by atoms with E-state index in [2.05, 4.69) is 42.3 Å². The first-order chi connectivity index (χ1) is 13.8. The maximum atomic E-state index is 2.50. The summed E-state index contributed by atoms with van der Waals surface area (Å²) >= 11 is 0. The fourth-order valence-corrected chi connectivity index (χ4v) is 4.26. The molecular formula is C26H51N2+. The van der Waals surface area contributed by atoms with Crippen molar-refractivity contribution in [3.63, 3.8) is 0 Å².